The molecule has 0 aromatic carbocycles. The summed E-state index contributed by atoms with van der Waals surface area (Å²) in [6.45, 7) is 12.6. The standard InChI is InChI=1S/C20H32O2/c1-13(2)17-12-18-16(9-10-20(18,5)22)15(4)8-6-7-14(3)11-19(17)21/h7,12-13,16,18-19,21-22H,4,6,8-11H2,1-3,5H3/t16-,18-,19-,20-/m0/s1. The van der Waals surface area contributed by atoms with E-state index >= 15 is 0 Å². The van der Waals surface area contributed by atoms with Crippen LogP contribution in [0.25, 0.3) is 0 Å². The monoisotopic (exact) mass is 304 g/mol. The third kappa shape index (κ3) is 3.72. The van der Waals surface area contributed by atoms with Crippen molar-refractivity contribution in [3.63, 3.8) is 0 Å². The zero-order chi connectivity index (χ0) is 16.5. The van der Waals surface area contributed by atoms with Gasteiger partial charge in [-0.3, -0.25) is 0 Å². The maximum absolute atomic E-state index is 10.8. The van der Waals surface area contributed by atoms with Crippen molar-refractivity contribution in [1.82, 2.24) is 0 Å². The quantitative estimate of drug-likeness (QED) is 0.705. The molecule has 2 N–H and O–H groups in total. The number of rotatable bonds is 1. The first kappa shape index (κ1) is 17.5. The van der Waals surface area contributed by atoms with Crippen LogP contribution < -0.4 is 0 Å². The van der Waals surface area contributed by atoms with Crippen molar-refractivity contribution >= 4 is 0 Å². The van der Waals surface area contributed by atoms with E-state index in [1.165, 1.54) is 11.1 Å². The van der Waals surface area contributed by atoms with Crippen LogP contribution in [-0.2, 0) is 0 Å². The highest BCUT2D eigenvalue weighted by molar-refractivity contribution is 5.24. The zero-order valence-electron chi connectivity index (χ0n) is 14.6. The summed E-state index contributed by atoms with van der Waals surface area (Å²) in [6, 6.07) is 0. The van der Waals surface area contributed by atoms with E-state index in [0.717, 1.165) is 31.3 Å². The second-order valence-electron chi connectivity index (χ2n) is 7.82. The summed E-state index contributed by atoms with van der Waals surface area (Å²) >= 11 is 0. The Hall–Kier alpha value is -0.860. The van der Waals surface area contributed by atoms with Crippen molar-refractivity contribution in [1.29, 1.82) is 0 Å². The van der Waals surface area contributed by atoms with Crippen molar-refractivity contribution in [3.8, 4) is 0 Å². The molecule has 0 unspecified atom stereocenters. The summed E-state index contributed by atoms with van der Waals surface area (Å²) in [5.74, 6) is 0.696. The highest BCUT2D eigenvalue weighted by Gasteiger charge is 2.43. The van der Waals surface area contributed by atoms with Crippen LogP contribution in [0.4, 0.5) is 0 Å². The van der Waals surface area contributed by atoms with Gasteiger partial charge in [0, 0.05) is 5.92 Å². The van der Waals surface area contributed by atoms with Gasteiger partial charge >= 0.3 is 0 Å². The van der Waals surface area contributed by atoms with Gasteiger partial charge in [-0.25, -0.2) is 0 Å². The lowest BCUT2D eigenvalue weighted by molar-refractivity contribution is 0.0319. The largest absolute Gasteiger partial charge is 0.390 e. The van der Waals surface area contributed by atoms with Gasteiger partial charge in [0.2, 0.25) is 0 Å². The predicted molar refractivity (Wildman–Crippen MR) is 92.5 cm³/mol. The Morgan fingerprint density at radius 2 is 2.05 bits per heavy atom. The molecular weight excluding hydrogens is 272 g/mol. The molecular formula is C20H32O2. The Balaban J connectivity index is 2.44. The van der Waals surface area contributed by atoms with Crippen LogP contribution in [0.2, 0.25) is 0 Å². The third-order valence-corrected chi connectivity index (χ3v) is 5.53. The number of allylic oxidation sites excluding steroid dienone is 2. The lowest BCUT2D eigenvalue weighted by Gasteiger charge is -2.30. The molecule has 0 bridgehead atoms. The number of fused-ring (bicyclic) bond motifs is 1. The van der Waals surface area contributed by atoms with E-state index in [1.54, 1.807) is 0 Å². The van der Waals surface area contributed by atoms with Gasteiger partial charge in [-0.2, -0.15) is 0 Å². The Labute approximate surface area is 135 Å². The molecule has 124 valence electrons. The van der Waals surface area contributed by atoms with E-state index in [0.29, 0.717) is 12.3 Å². The average Bonchev–Trinajstić information content (AvgIpc) is 2.68. The fourth-order valence-corrected chi connectivity index (χ4v) is 4.07. The molecule has 0 aliphatic heterocycles. The molecule has 4 atom stereocenters. The SMILES string of the molecule is C=C1CCC=C(C)C[C@H](O)C(C(C)C)=C[C@H]2[C@H]1CC[C@]2(C)O. The summed E-state index contributed by atoms with van der Waals surface area (Å²) < 4.78 is 0. The van der Waals surface area contributed by atoms with E-state index in [4.69, 9.17) is 0 Å². The molecule has 22 heavy (non-hydrogen) atoms. The van der Waals surface area contributed by atoms with E-state index in [2.05, 4.69) is 39.5 Å². The molecule has 2 aliphatic rings. The van der Waals surface area contributed by atoms with Gasteiger partial charge < -0.3 is 10.2 Å². The molecule has 0 aromatic rings. The van der Waals surface area contributed by atoms with Crippen LogP contribution in [0.1, 0.15) is 59.8 Å². The van der Waals surface area contributed by atoms with Crippen LogP contribution in [0, 0.1) is 17.8 Å². The highest BCUT2D eigenvalue weighted by Crippen LogP contribution is 2.46. The molecule has 0 spiro atoms. The minimum atomic E-state index is -0.690. The minimum Gasteiger partial charge on any atom is -0.390 e. The maximum Gasteiger partial charge on any atom is 0.0789 e. The number of aliphatic hydroxyl groups excluding tert-OH is 1. The number of hydrogen-bond donors (Lipinski definition) is 2. The number of hydrogen-bond acceptors (Lipinski definition) is 2. The van der Waals surface area contributed by atoms with E-state index in [9.17, 15) is 10.2 Å². The van der Waals surface area contributed by atoms with Crippen molar-refractivity contribution < 1.29 is 10.2 Å². The number of aliphatic hydroxyl groups is 2. The van der Waals surface area contributed by atoms with E-state index < -0.39 is 11.7 Å². The first-order chi connectivity index (χ1) is 10.2. The Kier molecular flexibility index (Phi) is 5.34. The molecule has 0 saturated heterocycles. The third-order valence-electron chi connectivity index (χ3n) is 5.53. The zero-order valence-corrected chi connectivity index (χ0v) is 14.6. The van der Waals surface area contributed by atoms with Gasteiger partial charge in [0.25, 0.3) is 0 Å². The minimum absolute atomic E-state index is 0.0745. The van der Waals surface area contributed by atoms with Crippen LogP contribution in [0.3, 0.4) is 0 Å². The van der Waals surface area contributed by atoms with Gasteiger partial charge in [-0.05, 0) is 63.4 Å². The molecule has 1 saturated carbocycles. The van der Waals surface area contributed by atoms with Crippen molar-refractivity contribution in [2.45, 2.75) is 71.5 Å². The second-order valence-corrected chi connectivity index (χ2v) is 7.82. The molecule has 2 aliphatic carbocycles. The topological polar surface area (TPSA) is 40.5 Å². The lowest BCUT2D eigenvalue weighted by Crippen LogP contribution is -2.32. The Morgan fingerprint density at radius 3 is 2.68 bits per heavy atom. The molecule has 2 nitrogen and oxygen atoms in total. The van der Waals surface area contributed by atoms with Crippen molar-refractivity contribution in [2.24, 2.45) is 17.8 Å². The first-order valence-corrected chi connectivity index (χ1v) is 8.67. The lowest BCUT2D eigenvalue weighted by atomic mass is 9.79. The summed E-state index contributed by atoms with van der Waals surface area (Å²) in [4.78, 5) is 0. The molecule has 0 radical (unpaired) electrons. The average molecular weight is 304 g/mol. The molecule has 2 rings (SSSR count). The summed E-state index contributed by atoms with van der Waals surface area (Å²) in [5, 5.41) is 21.5. The van der Waals surface area contributed by atoms with Crippen LogP contribution in [0.15, 0.2) is 35.5 Å². The summed E-state index contributed by atoms with van der Waals surface area (Å²) in [5.41, 5.74) is 2.87. The van der Waals surface area contributed by atoms with Gasteiger partial charge in [-0.15, -0.1) is 0 Å². The van der Waals surface area contributed by atoms with Crippen molar-refractivity contribution in [2.75, 3.05) is 0 Å². The fourth-order valence-electron chi connectivity index (χ4n) is 4.07. The molecule has 0 heterocycles. The van der Waals surface area contributed by atoms with Crippen LogP contribution in [0.5, 0.6) is 0 Å². The molecule has 0 amide bonds. The fraction of sp³-hybridized carbons (Fsp3) is 0.700. The summed E-state index contributed by atoms with van der Waals surface area (Å²) in [7, 11) is 0. The summed E-state index contributed by atoms with van der Waals surface area (Å²) in [6.07, 6.45) is 8.44. The Morgan fingerprint density at radius 1 is 1.36 bits per heavy atom. The maximum atomic E-state index is 10.8. The van der Waals surface area contributed by atoms with E-state index in [1.807, 2.05) is 6.92 Å². The molecule has 2 heteroatoms. The van der Waals surface area contributed by atoms with Crippen molar-refractivity contribution in [3.05, 3.63) is 35.5 Å². The smallest absolute Gasteiger partial charge is 0.0789 e. The molecule has 1 fully saturated rings. The van der Waals surface area contributed by atoms with Gasteiger partial charge in [0.05, 0.1) is 11.7 Å². The second kappa shape index (κ2) is 6.72. The molecule has 0 aromatic heterocycles. The van der Waals surface area contributed by atoms with Gasteiger partial charge in [-0.1, -0.05) is 43.7 Å². The highest BCUT2D eigenvalue weighted by atomic mass is 16.3. The Bertz CT molecular complexity index is 482. The normalized spacial score (nSPS) is 37.4. The van der Waals surface area contributed by atoms with Crippen LogP contribution in [-0.4, -0.2) is 21.9 Å². The van der Waals surface area contributed by atoms with Gasteiger partial charge in [0.15, 0.2) is 0 Å². The van der Waals surface area contributed by atoms with Crippen LogP contribution >= 0.6 is 0 Å². The van der Waals surface area contributed by atoms with Gasteiger partial charge in [0.1, 0.15) is 0 Å². The van der Waals surface area contributed by atoms with E-state index in [-0.39, 0.29) is 11.8 Å². The predicted octanol–water partition coefficient (Wildman–Crippen LogP) is 4.39. The first-order valence-electron chi connectivity index (χ1n) is 8.67.